The average Bonchev–Trinajstić information content (AvgIpc) is 3.10. The van der Waals surface area contributed by atoms with Crippen LogP contribution in [0.5, 0.6) is 0 Å². The Balaban J connectivity index is 1.83. The first-order valence-electron chi connectivity index (χ1n) is 6.09. The molecule has 0 aliphatic rings. The molecule has 6 heteroatoms. The van der Waals surface area contributed by atoms with Gasteiger partial charge in [-0.1, -0.05) is 30.3 Å². The third kappa shape index (κ3) is 2.41. The maximum absolute atomic E-state index is 11.7. The van der Waals surface area contributed by atoms with Crippen LogP contribution in [-0.4, -0.2) is 14.9 Å². The van der Waals surface area contributed by atoms with Crippen molar-refractivity contribution in [3.63, 3.8) is 0 Å². The second-order valence-electron chi connectivity index (χ2n) is 4.26. The molecule has 0 aliphatic carbocycles. The van der Waals surface area contributed by atoms with E-state index in [0.717, 1.165) is 4.68 Å². The van der Waals surface area contributed by atoms with Crippen LogP contribution in [0.15, 0.2) is 62.4 Å². The van der Waals surface area contributed by atoms with Gasteiger partial charge in [0.25, 0.3) is 5.89 Å². The lowest BCUT2D eigenvalue weighted by atomic mass is 10.1. The van der Waals surface area contributed by atoms with Crippen LogP contribution in [0, 0.1) is 0 Å². The lowest BCUT2D eigenvalue weighted by Gasteiger charge is -2.08. The number of benzene rings is 1. The first-order valence-corrected chi connectivity index (χ1v) is 6.09. The molecule has 2 heterocycles. The minimum atomic E-state index is -0.830. The highest BCUT2D eigenvalue weighted by molar-refractivity contribution is 5.42. The fraction of sp³-hybridized carbons (Fsp3) is 0.143. The summed E-state index contributed by atoms with van der Waals surface area (Å²) in [4.78, 5) is 11.7. The van der Waals surface area contributed by atoms with Crippen LogP contribution in [-0.2, 0) is 6.54 Å². The number of nitrogens with zero attached hydrogens (tertiary/aromatic N) is 2. The van der Waals surface area contributed by atoms with E-state index >= 15 is 0 Å². The molecule has 2 aromatic heterocycles. The molecule has 102 valence electrons. The summed E-state index contributed by atoms with van der Waals surface area (Å²) >= 11 is 0. The normalized spacial score (nSPS) is 12.4. The van der Waals surface area contributed by atoms with Gasteiger partial charge < -0.3 is 13.9 Å². The fourth-order valence-corrected chi connectivity index (χ4v) is 1.87. The smallest absolute Gasteiger partial charge is 0.437 e. The zero-order valence-corrected chi connectivity index (χ0v) is 10.5. The second-order valence-corrected chi connectivity index (χ2v) is 4.26. The molecule has 1 atom stereocenters. The van der Waals surface area contributed by atoms with Gasteiger partial charge in [-0.2, -0.15) is 4.68 Å². The molecule has 3 rings (SSSR count). The highest BCUT2D eigenvalue weighted by atomic mass is 16.4. The molecule has 1 N–H and O–H groups in total. The summed E-state index contributed by atoms with van der Waals surface area (Å²) < 4.78 is 11.2. The summed E-state index contributed by atoms with van der Waals surface area (Å²) in [6, 6.07) is 12.4. The Morgan fingerprint density at radius 2 is 2.00 bits per heavy atom. The van der Waals surface area contributed by atoms with Crippen LogP contribution >= 0.6 is 0 Å². The molecular formula is C14H12N2O4. The van der Waals surface area contributed by atoms with Crippen molar-refractivity contribution in [1.82, 2.24) is 9.78 Å². The van der Waals surface area contributed by atoms with Crippen molar-refractivity contribution in [2.24, 2.45) is 0 Å². The van der Waals surface area contributed by atoms with Gasteiger partial charge in [0.2, 0.25) is 0 Å². The molecule has 0 saturated carbocycles. The highest BCUT2D eigenvalue weighted by Gasteiger charge is 2.16. The largest absolute Gasteiger partial charge is 0.459 e. The lowest BCUT2D eigenvalue weighted by Crippen LogP contribution is -2.20. The van der Waals surface area contributed by atoms with Crippen LogP contribution in [0.1, 0.15) is 11.7 Å². The third-order valence-electron chi connectivity index (χ3n) is 2.87. The lowest BCUT2D eigenvalue weighted by molar-refractivity contribution is 0.148. The molecular weight excluding hydrogens is 260 g/mol. The van der Waals surface area contributed by atoms with Gasteiger partial charge in [0.05, 0.1) is 18.9 Å². The topological polar surface area (TPSA) is 81.4 Å². The molecule has 0 amide bonds. The van der Waals surface area contributed by atoms with E-state index in [2.05, 4.69) is 5.10 Å². The summed E-state index contributed by atoms with van der Waals surface area (Å²) in [5.41, 5.74) is 0.710. The van der Waals surface area contributed by atoms with Gasteiger partial charge in [0.15, 0.2) is 5.76 Å². The summed E-state index contributed by atoms with van der Waals surface area (Å²) in [6.07, 6.45) is 0.635. The molecule has 3 aromatic rings. The standard InChI is InChI=1S/C14H12N2O4/c17-11(10-5-2-1-3-6-10)9-16-14(18)20-13(15-16)12-7-4-8-19-12/h1-8,11,17H,9H2. The Hall–Kier alpha value is -2.60. The third-order valence-corrected chi connectivity index (χ3v) is 2.87. The number of furan rings is 1. The predicted octanol–water partition coefficient (Wildman–Crippen LogP) is 1.83. The van der Waals surface area contributed by atoms with Crippen LogP contribution in [0.25, 0.3) is 11.7 Å². The quantitative estimate of drug-likeness (QED) is 0.783. The van der Waals surface area contributed by atoms with E-state index < -0.39 is 11.9 Å². The predicted molar refractivity (Wildman–Crippen MR) is 69.9 cm³/mol. The maximum atomic E-state index is 11.7. The number of rotatable bonds is 4. The van der Waals surface area contributed by atoms with Crippen molar-refractivity contribution < 1.29 is 13.9 Å². The molecule has 20 heavy (non-hydrogen) atoms. The van der Waals surface area contributed by atoms with E-state index in [1.807, 2.05) is 18.2 Å². The minimum absolute atomic E-state index is 0.0209. The first-order chi connectivity index (χ1) is 9.74. The minimum Gasteiger partial charge on any atom is -0.459 e. The molecule has 1 unspecified atom stereocenters. The number of aromatic nitrogens is 2. The number of hydrogen-bond acceptors (Lipinski definition) is 5. The van der Waals surface area contributed by atoms with Crippen molar-refractivity contribution in [3.05, 3.63) is 64.8 Å². The monoisotopic (exact) mass is 272 g/mol. The molecule has 1 aromatic carbocycles. The van der Waals surface area contributed by atoms with Gasteiger partial charge in [-0.3, -0.25) is 0 Å². The molecule has 0 bridgehead atoms. The summed E-state index contributed by atoms with van der Waals surface area (Å²) in [5, 5.41) is 14.1. The number of hydrogen-bond donors (Lipinski definition) is 1. The van der Waals surface area contributed by atoms with Crippen LogP contribution in [0.3, 0.4) is 0 Å². The van der Waals surface area contributed by atoms with Crippen LogP contribution in [0.4, 0.5) is 0 Å². The van der Waals surface area contributed by atoms with Crippen molar-refractivity contribution in [1.29, 1.82) is 0 Å². The van der Waals surface area contributed by atoms with Crippen molar-refractivity contribution in [3.8, 4) is 11.7 Å². The molecule has 6 nitrogen and oxygen atoms in total. The zero-order valence-electron chi connectivity index (χ0n) is 10.5. The van der Waals surface area contributed by atoms with Gasteiger partial charge >= 0.3 is 5.76 Å². The molecule has 0 fully saturated rings. The first kappa shape index (κ1) is 12.4. The second kappa shape index (κ2) is 5.18. The Morgan fingerprint density at radius 3 is 2.70 bits per heavy atom. The molecule has 0 aliphatic heterocycles. The molecule has 0 saturated heterocycles. The molecule has 0 radical (unpaired) electrons. The van der Waals surface area contributed by atoms with Crippen molar-refractivity contribution in [2.45, 2.75) is 12.6 Å². The van der Waals surface area contributed by atoms with E-state index in [0.29, 0.717) is 11.3 Å². The van der Waals surface area contributed by atoms with E-state index in [4.69, 9.17) is 8.83 Å². The summed E-state index contributed by atoms with van der Waals surface area (Å²) in [6.45, 7) is 0.0209. The van der Waals surface area contributed by atoms with Gasteiger partial charge in [-0.05, 0) is 17.7 Å². The average molecular weight is 272 g/mol. The van der Waals surface area contributed by atoms with Gasteiger partial charge in [-0.25, -0.2) is 4.79 Å². The SMILES string of the molecule is O=c1oc(-c2ccco2)nn1CC(O)c1ccccc1. The van der Waals surface area contributed by atoms with E-state index in [1.54, 1.807) is 24.3 Å². The Morgan fingerprint density at radius 1 is 1.20 bits per heavy atom. The van der Waals surface area contributed by atoms with Crippen molar-refractivity contribution in [2.75, 3.05) is 0 Å². The maximum Gasteiger partial charge on any atom is 0.437 e. The van der Waals surface area contributed by atoms with Crippen molar-refractivity contribution >= 4 is 0 Å². The highest BCUT2D eigenvalue weighted by Crippen LogP contribution is 2.17. The number of aliphatic hydroxyl groups excluding tert-OH is 1. The zero-order chi connectivity index (χ0) is 13.9. The van der Waals surface area contributed by atoms with E-state index in [-0.39, 0.29) is 12.4 Å². The van der Waals surface area contributed by atoms with Crippen LogP contribution < -0.4 is 5.76 Å². The fourth-order valence-electron chi connectivity index (χ4n) is 1.87. The Labute approximate surface area is 113 Å². The van der Waals surface area contributed by atoms with E-state index in [1.165, 1.54) is 6.26 Å². The van der Waals surface area contributed by atoms with Crippen LogP contribution in [0.2, 0.25) is 0 Å². The van der Waals surface area contributed by atoms with Gasteiger partial charge in [0, 0.05) is 0 Å². The van der Waals surface area contributed by atoms with Gasteiger partial charge in [0.1, 0.15) is 0 Å². The summed E-state index contributed by atoms with van der Waals surface area (Å²) in [7, 11) is 0. The summed E-state index contributed by atoms with van der Waals surface area (Å²) in [5.74, 6) is -0.165. The Kier molecular flexibility index (Phi) is 3.22. The molecule has 0 spiro atoms. The Bertz CT molecular complexity index is 728. The van der Waals surface area contributed by atoms with E-state index in [9.17, 15) is 9.90 Å². The number of aliphatic hydroxyl groups is 1. The van der Waals surface area contributed by atoms with Gasteiger partial charge in [-0.15, -0.1) is 5.10 Å².